The second-order valence-corrected chi connectivity index (χ2v) is 16.9. The van der Waals surface area contributed by atoms with Crippen LogP contribution >= 0.6 is 58.0 Å². The van der Waals surface area contributed by atoms with Crippen molar-refractivity contribution in [3.05, 3.63) is 135 Å². The van der Waals surface area contributed by atoms with Gasteiger partial charge in [0.1, 0.15) is 12.4 Å². The summed E-state index contributed by atoms with van der Waals surface area (Å²) in [5.74, 6) is -4.04. The van der Waals surface area contributed by atoms with E-state index in [2.05, 4.69) is 41.7 Å². The van der Waals surface area contributed by atoms with Crippen molar-refractivity contribution in [3.63, 3.8) is 0 Å². The van der Waals surface area contributed by atoms with Crippen LogP contribution in [0, 0.1) is 0 Å². The van der Waals surface area contributed by atoms with Crippen LogP contribution in [0.25, 0.3) is 0 Å². The first-order chi connectivity index (χ1) is 31.4. The summed E-state index contributed by atoms with van der Waals surface area (Å²) in [6, 6.07) is 23.4. The highest BCUT2D eigenvalue weighted by molar-refractivity contribution is 6.35. The summed E-state index contributed by atoms with van der Waals surface area (Å²) in [7, 11) is 0. The molecule has 0 radical (unpaired) electrons. The summed E-state index contributed by atoms with van der Waals surface area (Å²) in [5.41, 5.74) is 3.17. The van der Waals surface area contributed by atoms with Crippen LogP contribution in [-0.2, 0) is 19.2 Å². The molecule has 0 fully saturated rings. The van der Waals surface area contributed by atoms with Crippen LogP contribution in [0.1, 0.15) is 70.3 Å². The number of ether oxygens (including phenoxy) is 1. The Hall–Kier alpha value is -6.23. The molecule has 0 bridgehead atoms. The number of nitrogens with zero attached hydrogens (tertiary/aromatic N) is 4. The third kappa shape index (κ3) is 14.1. The lowest BCUT2D eigenvalue weighted by Gasteiger charge is -2.16. The van der Waals surface area contributed by atoms with Gasteiger partial charge in [0.2, 0.25) is 12.1 Å². The first-order valence-electron chi connectivity index (χ1n) is 19.9. The predicted molar refractivity (Wildman–Crippen MR) is 258 cm³/mol. The second-order valence-electron chi connectivity index (χ2n) is 14.4. The molecule has 0 saturated carbocycles. The lowest BCUT2D eigenvalue weighted by molar-refractivity contribution is -0.127. The number of amides is 4. The molecule has 342 valence electrons. The predicted octanol–water partition coefficient (Wildman–Crippen LogP) is 12.1. The zero-order valence-corrected chi connectivity index (χ0v) is 39.4. The van der Waals surface area contributed by atoms with E-state index in [0.717, 1.165) is 25.0 Å². The van der Waals surface area contributed by atoms with E-state index in [4.69, 9.17) is 62.7 Å². The van der Waals surface area contributed by atoms with E-state index < -0.39 is 47.3 Å². The number of Topliss-reactive ketones (excluding diaryl/α,β-unsaturated/α-hetero) is 2. The van der Waals surface area contributed by atoms with E-state index in [1.165, 1.54) is 54.6 Å². The maximum Gasteiger partial charge on any atom is 0.258 e. The zero-order chi connectivity index (χ0) is 48.1. The molecular formula is C46H41Cl5N8O7. The lowest BCUT2D eigenvalue weighted by atomic mass is 10.1. The van der Waals surface area contributed by atoms with Crippen LogP contribution in [0.4, 0.5) is 34.1 Å². The summed E-state index contributed by atoms with van der Waals surface area (Å²) < 4.78 is 5.74. The molecule has 0 aromatic heterocycles. The molecule has 0 aliphatic heterocycles. The highest BCUT2D eigenvalue weighted by Gasteiger charge is 2.27. The van der Waals surface area contributed by atoms with Gasteiger partial charge < -0.3 is 26.0 Å². The quantitative estimate of drug-likeness (QED) is 0.0357. The molecule has 15 nitrogen and oxygen atoms in total. The molecule has 4 unspecified atom stereocenters. The van der Waals surface area contributed by atoms with Crippen LogP contribution in [0.3, 0.4) is 0 Å². The number of hydrogen-bond acceptors (Lipinski definition) is 11. The Bertz CT molecular complexity index is 2710. The average molecular weight is 995 g/mol. The molecule has 0 aliphatic rings. The van der Waals surface area contributed by atoms with Gasteiger partial charge in [-0.05, 0) is 112 Å². The Kier molecular flexibility index (Phi) is 18.3. The van der Waals surface area contributed by atoms with Gasteiger partial charge in [-0.25, -0.2) is 0 Å². The number of benzene rings is 5. The molecule has 5 rings (SSSR count). The molecule has 5 aromatic carbocycles. The fourth-order valence-corrected chi connectivity index (χ4v) is 6.65. The summed E-state index contributed by atoms with van der Waals surface area (Å²) in [5, 5.41) is 26.4. The van der Waals surface area contributed by atoms with E-state index >= 15 is 0 Å². The maximum atomic E-state index is 13.5. The van der Waals surface area contributed by atoms with Crippen LogP contribution in [0.15, 0.2) is 124 Å². The Labute approximate surface area is 404 Å². The Morgan fingerprint density at radius 1 is 0.576 bits per heavy atom. The van der Waals surface area contributed by atoms with Gasteiger partial charge in [0.05, 0.1) is 54.9 Å². The number of alkyl halides is 3. The third-order valence-corrected chi connectivity index (χ3v) is 10.6. The minimum Gasteiger partial charge on any atom is -0.490 e. The first kappa shape index (κ1) is 50.8. The minimum absolute atomic E-state index is 0.0220. The van der Waals surface area contributed by atoms with E-state index in [1.807, 2.05) is 12.1 Å². The number of carbonyl (C=O) groups is 6. The van der Waals surface area contributed by atoms with Crippen LogP contribution in [0.2, 0.25) is 10.0 Å². The number of carbonyl (C=O) groups excluding carboxylic acids is 6. The molecule has 4 amide bonds. The van der Waals surface area contributed by atoms with Gasteiger partial charge in [-0.15, -0.1) is 34.8 Å². The normalized spacial score (nSPS) is 13.0. The highest BCUT2D eigenvalue weighted by atomic mass is 35.5. The van der Waals surface area contributed by atoms with E-state index in [0.29, 0.717) is 11.4 Å². The molecule has 66 heavy (non-hydrogen) atoms. The number of rotatable bonds is 19. The molecule has 0 heterocycles. The molecule has 4 atom stereocenters. The molecule has 5 aromatic rings. The number of nitrogens with one attached hydrogen (secondary N) is 4. The average Bonchev–Trinajstić information content (AvgIpc) is 3.27. The molecule has 0 aliphatic carbocycles. The fourth-order valence-electron chi connectivity index (χ4n) is 5.89. The van der Waals surface area contributed by atoms with Crippen LogP contribution in [-0.4, -0.2) is 59.8 Å². The van der Waals surface area contributed by atoms with E-state index in [-0.39, 0.29) is 72.9 Å². The summed E-state index contributed by atoms with van der Waals surface area (Å²) >= 11 is 30.9. The van der Waals surface area contributed by atoms with Gasteiger partial charge in [-0.3, -0.25) is 28.8 Å². The SMILES string of the molecule is CC(=O)C(N=Nc1ccc(Cl)c(C(=O)Nc2cccc(C(C)Cl)c2)c1)C(=O)Nc1ccc(NC(=O)C(N=Nc2ccc(Cl)c(C(=O)Nc3cccc(C(C)Cl)c3)c2)C(C)=O)c(OCCCl)c1. The van der Waals surface area contributed by atoms with Gasteiger partial charge in [0.15, 0.2) is 11.6 Å². The first-order valence-corrected chi connectivity index (χ1v) is 22.1. The number of azo groups is 2. The van der Waals surface area contributed by atoms with Crippen molar-refractivity contribution < 1.29 is 33.5 Å². The number of ketones is 2. The highest BCUT2D eigenvalue weighted by Crippen LogP contribution is 2.31. The van der Waals surface area contributed by atoms with Gasteiger partial charge >= 0.3 is 0 Å². The smallest absolute Gasteiger partial charge is 0.258 e. The zero-order valence-electron chi connectivity index (χ0n) is 35.6. The van der Waals surface area contributed by atoms with Crippen molar-refractivity contribution in [2.75, 3.05) is 33.8 Å². The minimum atomic E-state index is -1.64. The van der Waals surface area contributed by atoms with E-state index in [1.54, 1.807) is 50.2 Å². The van der Waals surface area contributed by atoms with Crippen LogP contribution in [0.5, 0.6) is 5.75 Å². The van der Waals surface area contributed by atoms with Gasteiger partial charge in [-0.2, -0.15) is 20.5 Å². The Morgan fingerprint density at radius 2 is 1.03 bits per heavy atom. The molecule has 0 saturated heterocycles. The van der Waals surface area contributed by atoms with Gasteiger partial charge in [0.25, 0.3) is 23.6 Å². The number of hydrogen-bond donors (Lipinski definition) is 4. The second kappa shape index (κ2) is 23.8. The Balaban J connectivity index is 1.28. The van der Waals surface area contributed by atoms with E-state index in [9.17, 15) is 28.8 Å². The number of anilines is 4. The van der Waals surface area contributed by atoms with Crippen molar-refractivity contribution in [2.24, 2.45) is 20.5 Å². The summed E-state index contributed by atoms with van der Waals surface area (Å²) in [4.78, 5) is 78.5. The van der Waals surface area contributed by atoms with Crippen molar-refractivity contribution in [3.8, 4) is 5.75 Å². The van der Waals surface area contributed by atoms with Crippen molar-refractivity contribution in [1.29, 1.82) is 0 Å². The standard InChI is InChI=1S/C46H41Cl5N8O7/c1-24(48)28-7-5-9-30(19-28)52-43(62)35-21-33(11-14-37(35)50)56-58-41(26(3)60)45(64)54-32-13-16-39(40(23-32)66-18-17-47)55-46(65)42(27(4)61)59-57-34-12-15-38(51)36(22-34)44(63)53-31-10-6-8-29(20-31)25(2)49/h5-16,19-25,41-42H,17-18H2,1-4H3,(H,52,62)(H,53,63)(H,54,64)(H,55,65). The van der Waals surface area contributed by atoms with Gasteiger partial charge in [-0.1, -0.05) is 47.5 Å². The third-order valence-electron chi connectivity index (χ3n) is 9.28. The molecule has 4 N–H and O–H groups in total. The topological polar surface area (TPSA) is 209 Å². The monoisotopic (exact) mass is 992 g/mol. The van der Waals surface area contributed by atoms with Crippen molar-refractivity contribution in [2.45, 2.75) is 50.5 Å². The largest absolute Gasteiger partial charge is 0.490 e. The molecular weight excluding hydrogens is 954 g/mol. The lowest BCUT2D eigenvalue weighted by Crippen LogP contribution is -2.32. The van der Waals surface area contributed by atoms with Crippen molar-refractivity contribution >= 4 is 127 Å². The number of halogens is 5. The maximum absolute atomic E-state index is 13.5. The summed E-state index contributed by atoms with van der Waals surface area (Å²) in [6.07, 6.45) is 0. The fraction of sp³-hybridized carbons (Fsp3) is 0.217. The summed E-state index contributed by atoms with van der Waals surface area (Å²) in [6.45, 7) is 5.89. The molecule has 0 spiro atoms. The van der Waals surface area contributed by atoms with Crippen molar-refractivity contribution in [1.82, 2.24) is 0 Å². The Morgan fingerprint density at radius 3 is 1.47 bits per heavy atom. The molecule has 20 heteroatoms. The van der Waals surface area contributed by atoms with Gasteiger partial charge in [0, 0.05) is 23.1 Å². The van der Waals surface area contributed by atoms with Crippen LogP contribution < -0.4 is 26.0 Å².